The molecule has 0 aliphatic carbocycles. The van der Waals surface area contributed by atoms with Gasteiger partial charge >= 0.3 is 0 Å². The number of nitrogens with zero attached hydrogens (tertiary/aromatic N) is 1. The number of aromatic amines is 1. The summed E-state index contributed by atoms with van der Waals surface area (Å²) < 4.78 is 0.906. The predicted molar refractivity (Wildman–Crippen MR) is 65.0 cm³/mol. The predicted octanol–water partition coefficient (Wildman–Crippen LogP) is 3.04. The number of aromatic nitrogens is 1. The van der Waals surface area contributed by atoms with Crippen LogP contribution in [0.5, 0.6) is 0 Å². The lowest BCUT2D eigenvalue weighted by molar-refractivity contribution is 0.0718. The normalized spacial score (nSPS) is 10.7. The third kappa shape index (κ3) is 2.84. The highest BCUT2D eigenvalue weighted by atomic mass is 79.9. The highest BCUT2D eigenvalue weighted by molar-refractivity contribution is 9.10. The molecule has 0 saturated carbocycles. The fourth-order valence-corrected chi connectivity index (χ4v) is 2.03. The molecule has 0 spiro atoms. The molecule has 4 heteroatoms. The summed E-state index contributed by atoms with van der Waals surface area (Å²) in [5.41, 5.74) is 0.635. The largest absolute Gasteiger partial charge is 0.356 e. The number of carbonyl (C=O) groups is 1. The lowest BCUT2D eigenvalue weighted by Gasteiger charge is -2.25. The molecule has 1 amide bonds. The van der Waals surface area contributed by atoms with E-state index in [1.807, 2.05) is 7.05 Å². The highest BCUT2D eigenvalue weighted by Gasteiger charge is 2.19. The Hall–Kier alpha value is -0.770. The molecule has 0 fully saturated rings. The first-order chi connectivity index (χ1) is 7.10. The van der Waals surface area contributed by atoms with Crippen LogP contribution in [0.2, 0.25) is 0 Å². The second kappa shape index (κ2) is 5.35. The van der Waals surface area contributed by atoms with Crippen molar-refractivity contribution in [2.45, 2.75) is 32.7 Å². The van der Waals surface area contributed by atoms with E-state index in [9.17, 15) is 4.79 Å². The Bertz CT molecular complexity index is 331. The van der Waals surface area contributed by atoms with Crippen molar-refractivity contribution < 1.29 is 4.79 Å². The third-order valence-electron chi connectivity index (χ3n) is 2.69. The van der Waals surface area contributed by atoms with Crippen LogP contribution in [0.3, 0.4) is 0 Å². The molecular formula is C11H17BrN2O. The van der Waals surface area contributed by atoms with Gasteiger partial charge in [0.1, 0.15) is 5.69 Å². The van der Waals surface area contributed by atoms with Crippen LogP contribution in [0.25, 0.3) is 0 Å². The minimum absolute atomic E-state index is 0.0504. The summed E-state index contributed by atoms with van der Waals surface area (Å²) in [5, 5.41) is 0. The van der Waals surface area contributed by atoms with Crippen molar-refractivity contribution in [3.8, 4) is 0 Å². The molecular weight excluding hydrogens is 256 g/mol. The Balaban J connectivity index is 2.76. The van der Waals surface area contributed by atoms with E-state index >= 15 is 0 Å². The van der Waals surface area contributed by atoms with Crippen LogP contribution >= 0.6 is 15.9 Å². The molecule has 1 heterocycles. The summed E-state index contributed by atoms with van der Waals surface area (Å²) >= 11 is 3.32. The summed E-state index contributed by atoms with van der Waals surface area (Å²) in [6.45, 7) is 4.20. The minimum atomic E-state index is 0.0504. The monoisotopic (exact) mass is 272 g/mol. The number of halogens is 1. The van der Waals surface area contributed by atoms with Crippen LogP contribution < -0.4 is 0 Å². The first kappa shape index (κ1) is 12.3. The Kier molecular flexibility index (Phi) is 4.39. The minimum Gasteiger partial charge on any atom is -0.356 e. The van der Waals surface area contributed by atoms with E-state index in [1.54, 1.807) is 17.2 Å². The molecule has 0 atom stereocenters. The topological polar surface area (TPSA) is 36.1 Å². The smallest absolute Gasteiger partial charge is 0.270 e. The molecule has 0 bridgehead atoms. The second-order valence-corrected chi connectivity index (χ2v) is 4.53. The van der Waals surface area contributed by atoms with Crippen molar-refractivity contribution in [1.29, 1.82) is 0 Å². The Morgan fingerprint density at radius 1 is 1.53 bits per heavy atom. The number of hydrogen-bond acceptors (Lipinski definition) is 1. The maximum atomic E-state index is 12.0. The molecule has 0 unspecified atom stereocenters. The van der Waals surface area contributed by atoms with E-state index in [0.717, 1.165) is 17.3 Å². The van der Waals surface area contributed by atoms with E-state index in [1.165, 1.54) is 0 Å². The molecule has 1 aromatic heterocycles. The van der Waals surface area contributed by atoms with Crippen LogP contribution in [0, 0.1) is 0 Å². The number of carbonyl (C=O) groups excluding carboxylic acids is 1. The van der Waals surface area contributed by atoms with Crippen molar-refractivity contribution >= 4 is 21.8 Å². The van der Waals surface area contributed by atoms with Gasteiger partial charge in [0.2, 0.25) is 0 Å². The summed E-state index contributed by atoms with van der Waals surface area (Å²) in [6.07, 6.45) is 3.75. The summed E-state index contributed by atoms with van der Waals surface area (Å²) in [6, 6.07) is 2.13. The molecule has 1 rings (SSSR count). The van der Waals surface area contributed by atoms with Gasteiger partial charge in [-0.15, -0.1) is 0 Å². The maximum Gasteiger partial charge on any atom is 0.270 e. The molecule has 0 aliphatic rings. The van der Waals surface area contributed by atoms with Crippen LogP contribution in [0.1, 0.15) is 37.2 Å². The maximum absolute atomic E-state index is 12.0. The van der Waals surface area contributed by atoms with Gasteiger partial charge in [-0.05, 0) is 34.8 Å². The first-order valence-electron chi connectivity index (χ1n) is 5.21. The van der Waals surface area contributed by atoms with Crippen molar-refractivity contribution in [1.82, 2.24) is 9.88 Å². The van der Waals surface area contributed by atoms with Gasteiger partial charge in [-0.1, -0.05) is 13.8 Å². The van der Waals surface area contributed by atoms with Gasteiger partial charge in [-0.2, -0.15) is 0 Å². The molecule has 1 aromatic rings. The second-order valence-electron chi connectivity index (χ2n) is 3.62. The van der Waals surface area contributed by atoms with E-state index < -0.39 is 0 Å². The van der Waals surface area contributed by atoms with Gasteiger partial charge in [-0.25, -0.2) is 0 Å². The molecule has 0 radical (unpaired) electrons. The Labute approximate surface area is 99.0 Å². The number of amides is 1. The van der Waals surface area contributed by atoms with Gasteiger partial charge in [0, 0.05) is 23.8 Å². The van der Waals surface area contributed by atoms with E-state index in [-0.39, 0.29) is 5.91 Å². The number of H-pyrrole nitrogens is 1. The average molecular weight is 273 g/mol. The Morgan fingerprint density at radius 2 is 2.13 bits per heavy atom. The van der Waals surface area contributed by atoms with Gasteiger partial charge in [-0.3, -0.25) is 4.79 Å². The van der Waals surface area contributed by atoms with Gasteiger partial charge in [0.05, 0.1) is 0 Å². The van der Waals surface area contributed by atoms with E-state index in [2.05, 4.69) is 34.8 Å². The van der Waals surface area contributed by atoms with Crippen molar-refractivity contribution in [2.75, 3.05) is 7.05 Å². The number of nitrogens with one attached hydrogen (secondary N) is 1. The number of hydrogen-bond donors (Lipinski definition) is 1. The molecule has 0 saturated heterocycles. The summed E-state index contributed by atoms with van der Waals surface area (Å²) in [4.78, 5) is 16.7. The van der Waals surface area contributed by atoms with Crippen molar-refractivity contribution in [3.63, 3.8) is 0 Å². The molecule has 0 aliphatic heterocycles. The van der Waals surface area contributed by atoms with Crippen molar-refractivity contribution in [3.05, 3.63) is 22.4 Å². The van der Waals surface area contributed by atoms with Crippen LogP contribution in [-0.2, 0) is 0 Å². The van der Waals surface area contributed by atoms with Crippen LogP contribution in [-0.4, -0.2) is 28.9 Å². The van der Waals surface area contributed by atoms with Crippen LogP contribution in [0.15, 0.2) is 16.7 Å². The lowest BCUT2D eigenvalue weighted by atomic mass is 10.1. The lowest BCUT2D eigenvalue weighted by Crippen LogP contribution is -2.36. The van der Waals surface area contributed by atoms with Gasteiger partial charge < -0.3 is 9.88 Å². The van der Waals surface area contributed by atoms with E-state index in [4.69, 9.17) is 0 Å². The zero-order valence-corrected chi connectivity index (χ0v) is 11.0. The fourth-order valence-electron chi connectivity index (χ4n) is 1.68. The average Bonchev–Trinajstić information content (AvgIpc) is 2.65. The van der Waals surface area contributed by atoms with E-state index in [0.29, 0.717) is 11.7 Å². The first-order valence-corrected chi connectivity index (χ1v) is 6.00. The van der Waals surface area contributed by atoms with Gasteiger partial charge in [0.15, 0.2) is 0 Å². The highest BCUT2D eigenvalue weighted by Crippen LogP contribution is 2.14. The zero-order chi connectivity index (χ0) is 11.4. The zero-order valence-electron chi connectivity index (χ0n) is 9.38. The SMILES string of the molecule is CCC(CC)N(C)C(=O)c1cc(Br)c[nH]1. The molecule has 0 aromatic carbocycles. The standard InChI is InChI=1S/C11H17BrN2O/c1-4-9(5-2)14(3)11(15)10-6-8(12)7-13-10/h6-7,9,13H,4-5H2,1-3H3. The molecule has 15 heavy (non-hydrogen) atoms. The molecule has 3 nitrogen and oxygen atoms in total. The molecule has 84 valence electrons. The van der Waals surface area contributed by atoms with Crippen LogP contribution in [0.4, 0.5) is 0 Å². The Morgan fingerprint density at radius 3 is 2.53 bits per heavy atom. The summed E-state index contributed by atoms with van der Waals surface area (Å²) in [7, 11) is 1.86. The summed E-state index contributed by atoms with van der Waals surface area (Å²) in [5.74, 6) is 0.0504. The third-order valence-corrected chi connectivity index (χ3v) is 3.15. The van der Waals surface area contributed by atoms with Crippen molar-refractivity contribution in [2.24, 2.45) is 0 Å². The fraction of sp³-hybridized carbons (Fsp3) is 0.545. The quantitative estimate of drug-likeness (QED) is 0.899. The van der Waals surface area contributed by atoms with Gasteiger partial charge in [0.25, 0.3) is 5.91 Å². The molecule has 1 N–H and O–H groups in total. The number of rotatable bonds is 4.